The molecule has 2 fully saturated rings. The monoisotopic (exact) mass is 209 g/mol. The summed E-state index contributed by atoms with van der Waals surface area (Å²) < 4.78 is 0. The van der Waals surface area contributed by atoms with Gasteiger partial charge < -0.3 is 5.32 Å². The quantitative estimate of drug-likeness (QED) is 0.741. The van der Waals surface area contributed by atoms with E-state index in [1.807, 2.05) is 0 Å². The average Bonchev–Trinajstić information content (AvgIpc) is 2.93. The van der Waals surface area contributed by atoms with Crippen molar-refractivity contribution >= 4 is 5.91 Å². The lowest BCUT2D eigenvalue weighted by atomic mass is 10.0. The van der Waals surface area contributed by atoms with Crippen LogP contribution in [0.15, 0.2) is 0 Å². The van der Waals surface area contributed by atoms with Crippen molar-refractivity contribution in [2.24, 2.45) is 11.8 Å². The number of hydrogen-bond acceptors (Lipinski definition) is 1. The molecular formula is C13H23NO. The van der Waals surface area contributed by atoms with Crippen LogP contribution < -0.4 is 5.32 Å². The lowest BCUT2D eigenvalue weighted by Crippen LogP contribution is -2.34. The Bertz CT molecular complexity index is 217. The molecule has 2 nitrogen and oxygen atoms in total. The Labute approximate surface area is 92.8 Å². The molecule has 1 N–H and O–H groups in total. The summed E-state index contributed by atoms with van der Waals surface area (Å²) in [5, 5.41) is 3.13. The SMILES string of the molecule is CC(NC(=O)CCC1CCCC1)C1CC1. The minimum absolute atomic E-state index is 0.279. The lowest BCUT2D eigenvalue weighted by molar-refractivity contribution is -0.122. The second-order valence-electron chi connectivity index (χ2n) is 5.38. The van der Waals surface area contributed by atoms with Gasteiger partial charge in [-0.05, 0) is 38.0 Å². The summed E-state index contributed by atoms with van der Waals surface area (Å²) >= 11 is 0. The maximum Gasteiger partial charge on any atom is 0.220 e. The van der Waals surface area contributed by atoms with E-state index in [0.29, 0.717) is 6.04 Å². The van der Waals surface area contributed by atoms with Crippen molar-refractivity contribution in [3.05, 3.63) is 0 Å². The maximum absolute atomic E-state index is 11.6. The van der Waals surface area contributed by atoms with E-state index in [-0.39, 0.29) is 5.91 Å². The van der Waals surface area contributed by atoms with Gasteiger partial charge >= 0.3 is 0 Å². The summed E-state index contributed by atoms with van der Waals surface area (Å²) in [5.74, 6) is 1.90. The van der Waals surface area contributed by atoms with E-state index in [1.54, 1.807) is 0 Å². The van der Waals surface area contributed by atoms with Crippen molar-refractivity contribution in [3.8, 4) is 0 Å². The first-order chi connectivity index (χ1) is 7.25. The third-order valence-corrected chi connectivity index (χ3v) is 3.97. The van der Waals surface area contributed by atoms with Gasteiger partial charge in [0, 0.05) is 12.5 Å². The molecule has 0 spiro atoms. The van der Waals surface area contributed by atoms with Crippen molar-refractivity contribution in [2.45, 2.75) is 64.3 Å². The molecule has 0 radical (unpaired) electrons. The van der Waals surface area contributed by atoms with E-state index >= 15 is 0 Å². The zero-order valence-corrected chi connectivity index (χ0v) is 9.80. The van der Waals surface area contributed by atoms with Crippen LogP contribution >= 0.6 is 0 Å². The molecule has 0 aromatic rings. The summed E-state index contributed by atoms with van der Waals surface area (Å²) in [5.41, 5.74) is 0. The van der Waals surface area contributed by atoms with E-state index < -0.39 is 0 Å². The van der Waals surface area contributed by atoms with Crippen LogP contribution in [0.5, 0.6) is 0 Å². The lowest BCUT2D eigenvalue weighted by Gasteiger charge is -2.14. The van der Waals surface area contributed by atoms with Gasteiger partial charge in [0.1, 0.15) is 0 Å². The Morgan fingerprint density at radius 2 is 1.93 bits per heavy atom. The Balaban J connectivity index is 1.59. The molecule has 0 aliphatic heterocycles. The van der Waals surface area contributed by atoms with Gasteiger partial charge in [-0.2, -0.15) is 0 Å². The fourth-order valence-electron chi connectivity index (χ4n) is 2.67. The van der Waals surface area contributed by atoms with Crippen molar-refractivity contribution in [3.63, 3.8) is 0 Å². The van der Waals surface area contributed by atoms with Gasteiger partial charge in [-0.25, -0.2) is 0 Å². The van der Waals surface area contributed by atoms with E-state index in [9.17, 15) is 4.79 Å². The molecule has 2 aliphatic carbocycles. The minimum atomic E-state index is 0.279. The van der Waals surface area contributed by atoms with Crippen LogP contribution in [-0.2, 0) is 4.79 Å². The number of amides is 1. The summed E-state index contributed by atoms with van der Waals surface area (Å²) in [4.78, 5) is 11.6. The zero-order valence-electron chi connectivity index (χ0n) is 9.80. The Kier molecular flexibility index (Phi) is 3.66. The minimum Gasteiger partial charge on any atom is -0.353 e. The molecule has 2 heteroatoms. The van der Waals surface area contributed by atoms with Gasteiger partial charge in [0.25, 0.3) is 0 Å². The number of hydrogen-bond donors (Lipinski definition) is 1. The van der Waals surface area contributed by atoms with Crippen LogP contribution in [0.1, 0.15) is 58.3 Å². The predicted octanol–water partition coefficient (Wildman–Crippen LogP) is 2.87. The molecule has 0 saturated heterocycles. The summed E-state index contributed by atoms with van der Waals surface area (Å²) in [6.07, 6.45) is 9.95. The van der Waals surface area contributed by atoms with E-state index in [1.165, 1.54) is 38.5 Å². The van der Waals surface area contributed by atoms with Gasteiger partial charge in [-0.15, -0.1) is 0 Å². The highest BCUT2D eigenvalue weighted by Crippen LogP contribution is 2.32. The van der Waals surface area contributed by atoms with Crippen LogP contribution in [0.3, 0.4) is 0 Å². The van der Waals surface area contributed by atoms with Crippen molar-refractivity contribution < 1.29 is 4.79 Å². The molecule has 0 heterocycles. The first-order valence-electron chi connectivity index (χ1n) is 6.55. The molecule has 0 aromatic heterocycles. The van der Waals surface area contributed by atoms with Crippen molar-refractivity contribution in [1.82, 2.24) is 5.32 Å². The zero-order chi connectivity index (χ0) is 10.7. The van der Waals surface area contributed by atoms with Crippen LogP contribution in [0.4, 0.5) is 0 Å². The first-order valence-corrected chi connectivity index (χ1v) is 6.55. The normalized spacial score (nSPS) is 24.1. The molecule has 2 saturated carbocycles. The standard InChI is InChI=1S/C13H23NO/c1-10(12-7-8-12)14-13(15)9-6-11-4-2-3-5-11/h10-12H,2-9H2,1H3,(H,14,15). The van der Waals surface area contributed by atoms with Crippen LogP contribution in [0.2, 0.25) is 0 Å². The smallest absolute Gasteiger partial charge is 0.220 e. The fourth-order valence-corrected chi connectivity index (χ4v) is 2.67. The average molecular weight is 209 g/mol. The molecular weight excluding hydrogens is 186 g/mol. The van der Waals surface area contributed by atoms with Gasteiger partial charge in [0.15, 0.2) is 0 Å². The van der Waals surface area contributed by atoms with E-state index in [0.717, 1.165) is 24.7 Å². The first kappa shape index (κ1) is 11.0. The predicted molar refractivity (Wildman–Crippen MR) is 61.5 cm³/mol. The van der Waals surface area contributed by atoms with Crippen LogP contribution in [0.25, 0.3) is 0 Å². The van der Waals surface area contributed by atoms with Gasteiger partial charge in [-0.3, -0.25) is 4.79 Å². The van der Waals surface area contributed by atoms with Crippen molar-refractivity contribution in [1.29, 1.82) is 0 Å². The molecule has 0 bridgehead atoms. The highest BCUT2D eigenvalue weighted by molar-refractivity contribution is 5.76. The van der Waals surface area contributed by atoms with Crippen molar-refractivity contribution in [2.75, 3.05) is 0 Å². The Morgan fingerprint density at radius 3 is 2.53 bits per heavy atom. The largest absolute Gasteiger partial charge is 0.353 e. The highest BCUT2D eigenvalue weighted by atomic mass is 16.1. The van der Waals surface area contributed by atoms with Gasteiger partial charge in [-0.1, -0.05) is 25.7 Å². The van der Waals surface area contributed by atoms with Gasteiger partial charge in [0.2, 0.25) is 5.91 Å². The van der Waals surface area contributed by atoms with E-state index in [2.05, 4.69) is 12.2 Å². The van der Waals surface area contributed by atoms with Gasteiger partial charge in [0.05, 0.1) is 0 Å². The summed E-state index contributed by atoms with van der Waals surface area (Å²) in [6.45, 7) is 2.14. The molecule has 2 rings (SSSR count). The van der Waals surface area contributed by atoms with E-state index in [4.69, 9.17) is 0 Å². The Morgan fingerprint density at radius 1 is 1.27 bits per heavy atom. The number of rotatable bonds is 5. The molecule has 15 heavy (non-hydrogen) atoms. The molecule has 1 amide bonds. The number of nitrogens with one attached hydrogen (secondary N) is 1. The fraction of sp³-hybridized carbons (Fsp3) is 0.923. The molecule has 1 unspecified atom stereocenters. The third-order valence-electron chi connectivity index (χ3n) is 3.97. The molecule has 86 valence electrons. The summed E-state index contributed by atoms with van der Waals surface area (Å²) in [6, 6.07) is 0.418. The van der Waals surface area contributed by atoms with Crippen LogP contribution in [-0.4, -0.2) is 11.9 Å². The molecule has 1 atom stereocenters. The third kappa shape index (κ3) is 3.51. The highest BCUT2D eigenvalue weighted by Gasteiger charge is 2.28. The summed E-state index contributed by atoms with van der Waals surface area (Å²) in [7, 11) is 0. The molecule has 0 aromatic carbocycles. The second-order valence-corrected chi connectivity index (χ2v) is 5.38. The number of carbonyl (C=O) groups is 1. The Hall–Kier alpha value is -0.530. The topological polar surface area (TPSA) is 29.1 Å². The molecule has 2 aliphatic rings. The van der Waals surface area contributed by atoms with Crippen LogP contribution in [0, 0.1) is 11.8 Å². The second kappa shape index (κ2) is 5.00. The maximum atomic E-state index is 11.6. The number of carbonyl (C=O) groups excluding carboxylic acids is 1.